The number of Topliss-reactive ketones (excluding diaryl/α,β-unsaturated/α-hetero) is 1. The van der Waals surface area contributed by atoms with Gasteiger partial charge in [-0.3, -0.25) is 14.5 Å². The van der Waals surface area contributed by atoms with Crippen LogP contribution >= 0.6 is 0 Å². The summed E-state index contributed by atoms with van der Waals surface area (Å²) in [7, 11) is 1.58. The van der Waals surface area contributed by atoms with Gasteiger partial charge in [0, 0.05) is 31.7 Å². The van der Waals surface area contributed by atoms with E-state index in [1.54, 1.807) is 36.3 Å². The fourth-order valence-corrected chi connectivity index (χ4v) is 4.84. The highest BCUT2D eigenvalue weighted by atomic mass is 16.5. The fourth-order valence-electron chi connectivity index (χ4n) is 4.84. The molecule has 2 aliphatic rings. The van der Waals surface area contributed by atoms with Gasteiger partial charge in [-0.05, 0) is 61.7 Å². The van der Waals surface area contributed by atoms with Crippen molar-refractivity contribution < 1.29 is 28.9 Å². The summed E-state index contributed by atoms with van der Waals surface area (Å²) in [4.78, 5) is 30.4. The Bertz CT molecular complexity index is 1120. The van der Waals surface area contributed by atoms with Crippen molar-refractivity contribution in [2.75, 3.05) is 53.1 Å². The molecule has 8 heteroatoms. The van der Waals surface area contributed by atoms with Crippen LogP contribution < -0.4 is 9.47 Å². The van der Waals surface area contributed by atoms with Crippen molar-refractivity contribution in [2.24, 2.45) is 0 Å². The van der Waals surface area contributed by atoms with Crippen molar-refractivity contribution in [3.05, 3.63) is 64.7 Å². The van der Waals surface area contributed by atoms with E-state index in [1.165, 1.54) is 0 Å². The van der Waals surface area contributed by atoms with E-state index in [4.69, 9.17) is 14.2 Å². The molecular weight excluding hydrogens is 460 g/mol. The van der Waals surface area contributed by atoms with E-state index < -0.39 is 17.7 Å². The number of aliphatic hydroxyl groups excluding tert-OH is 1. The largest absolute Gasteiger partial charge is 0.507 e. The number of ether oxygens (including phenoxy) is 3. The van der Waals surface area contributed by atoms with Crippen LogP contribution in [0.2, 0.25) is 0 Å². The quantitative estimate of drug-likeness (QED) is 0.324. The third-order valence-electron chi connectivity index (χ3n) is 6.71. The Morgan fingerprint density at radius 1 is 1.06 bits per heavy atom. The molecule has 0 aromatic heterocycles. The summed E-state index contributed by atoms with van der Waals surface area (Å²) >= 11 is 0. The first-order chi connectivity index (χ1) is 17.4. The van der Waals surface area contributed by atoms with Gasteiger partial charge in [0.15, 0.2) is 0 Å². The Balaban J connectivity index is 1.69. The molecule has 2 saturated heterocycles. The maximum atomic E-state index is 13.3. The van der Waals surface area contributed by atoms with Crippen molar-refractivity contribution in [3.63, 3.8) is 0 Å². The first kappa shape index (κ1) is 25.7. The number of carbonyl (C=O) groups is 2. The maximum Gasteiger partial charge on any atom is 0.295 e. The number of nitrogens with zero attached hydrogens (tertiary/aromatic N) is 2. The standard InChI is InChI=1S/C28H34N2O6/c1-4-36-22-10-11-23(19(2)18-22)26(31)24-25(20-6-8-21(34-3)9-7-20)30(28(33)27(24)32)13-5-12-29-14-16-35-17-15-29/h6-11,18,25,31H,4-5,12-17H2,1-3H3/b26-24-. The highest BCUT2D eigenvalue weighted by molar-refractivity contribution is 6.46. The zero-order valence-electron chi connectivity index (χ0n) is 21.2. The van der Waals surface area contributed by atoms with Gasteiger partial charge in [-0.1, -0.05) is 12.1 Å². The predicted molar refractivity (Wildman–Crippen MR) is 136 cm³/mol. The average Bonchev–Trinajstić information content (AvgIpc) is 3.14. The number of aliphatic hydroxyl groups is 1. The van der Waals surface area contributed by atoms with E-state index in [-0.39, 0.29) is 11.3 Å². The van der Waals surface area contributed by atoms with Crippen LogP contribution in [0.3, 0.4) is 0 Å². The Labute approximate surface area is 212 Å². The SMILES string of the molecule is CCOc1ccc(/C(O)=C2/C(=O)C(=O)N(CCCN3CCOCC3)C2c2ccc(OC)cc2)c(C)c1. The molecule has 1 amide bonds. The number of carbonyl (C=O) groups excluding carboxylic acids is 2. The zero-order valence-corrected chi connectivity index (χ0v) is 21.2. The number of ketones is 1. The minimum Gasteiger partial charge on any atom is -0.507 e. The molecule has 0 spiro atoms. The van der Waals surface area contributed by atoms with Gasteiger partial charge < -0.3 is 24.2 Å². The molecule has 4 rings (SSSR count). The second-order valence-corrected chi connectivity index (χ2v) is 8.98. The van der Waals surface area contributed by atoms with Gasteiger partial charge in [-0.15, -0.1) is 0 Å². The van der Waals surface area contributed by atoms with E-state index in [0.717, 1.165) is 30.8 Å². The third kappa shape index (κ3) is 5.39. The van der Waals surface area contributed by atoms with Gasteiger partial charge in [0.1, 0.15) is 17.3 Å². The molecule has 8 nitrogen and oxygen atoms in total. The number of aryl methyl sites for hydroxylation is 1. The second kappa shape index (κ2) is 11.6. The summed E-state index contributed by atoms with van der Waals surface area (Å²) in [5, 5.41) is 11.4. The summed E-state index contributed by atoms with van der Waals surface area (Å²) in [5.74, 6) is -0.0894. The van der Waals surface area contributed by atoms with Gasteiger partial charge in [-0.25, -0.2) is 0 Å². The van der Waals surface area contributed by atoms with Crippen LogP contribution in [-0.2, 0) is 14.3 Å². The normalized spacial score (nSPS) is 20.1. The first-order valence-corrected chi connectivity index (χ1v) is 12.4. The van der Waals surface area contributed by atoms with Crippen LogP contribution in [0.25, 0.3) is 5.76 Å². The van der Waals surface area contributed by atoms with Crippen molar-refractivity contribution in [3.8, 4) is 11.5 Å². The van der Waals surface area contributed by atoms with Gasteiger partial charge in [0.05, 0.1) is 38.5 Å². The highest BCUT2D eigenvalue weighted by Gasteiger charge is 2.46. The van der Waals surface area contributed by atoms with Crippen molar-refractivity contribution in [2.45, 2.75) is 26.3 Å². The van der Waals surface area contributed by atoms with Crippen LogP contribution in [0.4, 0.5) is 0 Å². The molecule has 192 valence electrons. The lowest BCUT2D eigenvalue weighted by Crippen LogP contribution is -2.38. The van der Waals surface area contributed by atoms with E-state index in [9.17, 15) is 14.7 Å². The maximum absolute atomic E-state index is 13.3. The van der Waals surface area contributed by atoms with Crippen LogP contribution in [0, 0.1) is 6.92 Å². The van der Waals surface area contributed by atoms with Crippen molar-refractivity contribution in [1.82, 2.24) is 9.80 Å². The van der Waals surface area contributed by atoms with E-state index in [2.05, 4.69) is 4.90 Å². The smallest absolute Gasteiger partial charge is 0.295 e. The number of morpholine rings is 1. The average molecular weight is 495 g/mol. The van der Waals surface area contributed by atoms with Crippen molar-refractivity contribution >= 4 is 17.4 Å². The number of hydrogen-bond acceptors (Lipinski definition) is 7. The summed E-state index contributed by atoms with van der Waals surface area (Å²) in [6.45, 7) is 8.61. The van der Waals surface area contributed by atoms with E-state index in [0.29, 0.717) is 49.8 Å². The zero-order chi connectivity index (χ0) is 25.7. The van der Waals surface area contributed by atoms with Gasteiger partial charge >= 0.3 is 0 Å². The molecule has 0 saturated carbocycles. The second-order valence-electron chi connectivity index (χ2n) is 8.98. The molecule has 2 heterocycles. The monoisotopic (exact) mass is 494 g/mol. The van der Waals surface area contributed by atoms with Gasteiger partial charge in [0.2, 0.25) is 0 Å². The summed E-state index contributed by atoms with van der Waals surface area (Å²) in [6.07, 6.45) is 0.710. The molecule has 1 atom stereocenters. The molecule has 2 fully saturated rings. The van der Waals surface area contributed by atoms with E-state index in [1.807, 2.05) is 32.0 Å². The molecule has 2 aromatic rings. The first-order valence-electron chi connectivity index (χ1n) is 12.4. The topological polar surface area (TPSA) is 88.5 Å². The molecule has 2 aliphatic heterocycles. The minimum absolute atomic E-state index is 0.101. The summed E-state index contributed by atoms with van der Waals surface area (Å²) < 4.78 is 16.3. The lowest BCUT2D eigenvalue weighted by Gasteiger charge is -2.29. The molecule has 1 unspecified atom stereocenters. The minimum atomic E-state index is -0.688. The highest BCUT2D eigenvalue weighted by Crippen LogP contribution is 2.40. The van der Waals surface area contributed by atoms with Gasteiger partial charge in [0.25, 0.3) is 11.7 Å². The number of methoxy groups -OCH3 is 1. The molecule has 0 bridgehead atoms. The van der Waals surface area contributed by atoms with Gasteiger partial charge in [-0.2, -0.15) is 0 Å². The Morgan fingerprint density at radius 2 is 1.75 bits per heavy atom. The number of hydrogen-bond donors (Lipinski definition) is 1. The molecule has 0 radical (unpaired) electrons. The molecule has 2 aromatic carbocycles. The van der Waals surface area contributed by atoms with Crippen LogP contribution in [0.1, 0.15) is 36.1 Å². The lowest BCUT2D eigenvalue weighted by atomic mass is 9.93. The number of amides is 1. The Hall–Kier alpha value is -3.36. The van der Waals surface area contributed by atoms with Crippen LogP contribution in [-0.4, -0.2) is 79.7 Å². The Kier molecular flexibility index (Phi) is 8.28. The predicted octanol–water partition coefficient (Wildman–Crippen LogP) is 3.55. The van der Waals surface area contributed by atoms with E-state index >= 15 is 0 Å². The Morgan fingerprint density at radius 3 is 2.39 bits per heavy atom. The molecular formula is C28H34N2O6. The lowest BCUT2D eigenvalue weighted by molar-refractivity contribution is -0.140. The summed E-state index contributed by atoms with van der Waals surface area (Å²) in [6, 6.07) is 11.9. The summed E-state index contributed by atoms with van der Waals surface area (Å²) in [5.41, 5.74) is 2.10. The third-order valence-corrected chi connectivity index (χ3v) is 6.71. The number of rotatable bonds is 9. The fraction of sp³-hybridized carbons (Fsp3) is 0.429. The van der Waals surface area contributed by atoms with Crippen LogP contribution in [0.15, 0.2) is 48.0 Å². The number of likely N-dealkylation sites (tertiary alicyclic amines) is 1. The number of benzene rings is 2. The van der Waals surface area contributed by atoms with Crippen LogP contribution in [0.5, 0.6) is 11.5 Å². The molecule has 36 heavy (non-hydrogen) atoms. The molecule has 1 N–H and O–H groups in total. The molecule has 0 aliphatic carbocycles. The van der Waals surface area contributed by atoms with Crippen molar-refractivity contribution in [1.29, 1.82) is 0 Å².